The van der Waals surface area contributed by atoms with E-state index in [2.05, 4.69) is 9.97 Å². The zero-order valence-electron chi connectivity index (χ0n) is 14.9. The van der Waals surface area contributed by atoms with E-state index in [1.54, 1.807) is 4.90 Å². The van der Waals surface area contributed by atoms with Gasteiger partial charge in [0, 0.05) is 30.9 Å². The summed E-state index contributed by atoms with van der Waals surface area (Å²) in [5, 5.41) is 0. The normalized spacial score (nSPS) is 14.4. The number of hydrogen-bond acceptors (Lipinski definition) is 5. The second-order valence-corrected chi connectivity index (χ2v) is 6.41. The zero-order valence-corrected chi connectivity index (χ0v) is 14.9. The van der Waals surface area contributed by atoms with Gasteiger partial charge in [0.25, 0.3) is 5.91 Å². The highest BCUT2D eigenvalue weighted by molar-refractivity contribution is 6.08. The lowest BCUT2D eigenvalue weighted by molar-refractivity contribution is 0.0998. The minimum Gasteiger partial charge on any atom is -0.378 e. The van der Waals surface area contributed by atoms with Crippen molar-refractivity contribution in [3.05, 3.63) is 53.4 Å². The SMILES string of the molecule is NC(=O)c1cnc2c(-c3cc(F)cc(F)c3F)c(F)cnc2c1N1CCOCC1. The number of pyridine rings is 2. The zero-order chi connectivity index (χ0) is 20.7. The molecular formula is C19H14F4N4O2. The number of carbonyl (C=O) groups is 1. The monoisotopic (exact) mass is 406 g/mol. The predicted molar refractivity (Wildman–Crippen MR) is 96.4 cm³/mol. The summed E-state index contributed by atoms with van der Waals surface area (Å²) >= 11 is 0. The molecule has 1 aliphatic heterocycles. The standard InChI is InChI=1S/C19H14F4N4O2/c20-9-5-10(15(23)12(21)6-9)14-13(22)8-26-17-16(14)25-7-11(19(24)28)18(17)27-1-3-29-4-2-27/h5-8H,1-4H2,(H2,24,28). The van der Waals surface area contributed by atoms with Gasteiger partial charge in [0.15, 0.2) is 17.5 Å². The number of amides is 1. The summed E-state index contributed by atoms with van der Waals surface area (Å²) < 4.78 is 61.8. The van der Waals surface area contributed by atoms with Gasteiger partial charge in [-0.15, -0.1) is 0 Å². The van der Waals surface area contributed by atoms with Crippen molar-refractivity contribution in [3.63, 3.8) is 0 Å². The third kappa shape index (κ3) is 3.25. The van der Waals surface area contributed by atoms with Crippen molar-refractivity contribution in [2.45, 2.75) is 0 Å². The van der Waals surface area contributed by atoms with Gasteiger partial charge in [-0.1, -0.05) is 0 Å². The molecule has 0 unspecified atom stereocenters. The maximum Gasteiger partial charge on any atom is 0.252 e. The minimum absolute atomic E-state index is 0.0374. The Kier molecular flexibility index (Phi) is 4.79. The molecule has 10 heteroatoms. The summed E-state index contributed by atoms with van der Waals surface area (Å²) in [6, 6.07) is 1.03. The number of rotatable bonds is 3. The van der Waals surface area contributed by atoms with Crippen molar-refractivity contribution in [2.24, 2.45) is 5.73 Å². The van der Waals surface area contributed by atoms with Gasteiger partial charge in [0.2, 0.25) is 0 Å². The molecule has 0 radical (unpaired) electrons. The van der Waals surface area contributed by atoms with Crippen molar-refractivity contribution >= 4 is 22.6 Å². The topological polar surface area (TPSA) is 81.3 Å². The summed E-state index contributed by atoms with van der Waals surface area (Å²) in [6.45, 7) is 1.55. The van der Waals surface area contributed by atoms with Crippen LogP contribution in [0.4, 0.5) is 23.2 Å². The van der Waals surface area contributed by atoms with Gasteiger partial charge in [-0.3, -0.25) is 9.78 Å². The molecule has 0 aliphatic carbocycles. The molecule has 3 heterocycles. The summed E-state index contributed by atoms with van der Waals surface area (Å²) in [6.07, 6.45) is 1.91. The fourth-order valence-corrected chi connectivity index (χ4v) is 3.38. The lowest BCUT2D eigenvalue weighted by Crippen LogP contribution is -2.37. The summed E-state index contributed by atoms with van der Waals surface area (Å²) in [4.78, 5) is 21.7. The molecule has 150 valence electrons. The molecule has 3 aromatic rings. The van der Waals surface area contributed by atoms with E-state index in [1.165, 1.54) is 0 Å². The number of benzene rings is 1. The smallest absolute Gasteiger partial charge is 0.252 e. The fraction of sp³-hybridized carbons (Fsp3) is 0.211. The lowest BCUT2D eigenvalue weighted by atomic mass is 10.0. The first-order chi connectivity index (χ1) is 13.9. The number of hydrogen-bond donors (Lipinski definition) is 1. The van der Waals surface area contributed by atoms with Crippen LogP contribution in [0.1, 0.15) is 10.4 Å². The molecule has 4 rings (SSSR count). The Morgan fingerprint density at radius 1 is 1.00 bits per heavy atom. The van der Waals surface area contributed by atoms with Crippen LogP contribution >= 0.6 is 0 Å². The molecule has 1 fully saturated rings. The number of primary amides is 1. The molecule has 0 bridgehead atoms. The molecule has 1 aliphatic rings. The van der Waals surface area contributed by atoms with Gasteiger partial charge >= 0.3 is 0 Å². The van der Waals surface area contributed by atoms with E-state index in [9.17, 15) is 22.4 Å². The molecule has 0 spiro atoms. The number of morpholine rings is 1. The van der Waals surface area contributed by atoms with E-state index in [-0.39, 0.29) is 22.3 Å². The molecule has 1 amide bonds. The van der Waals surface area contributed by atoms with Gasteiger partial charge in [-0.25, -0.2) is 22.5 Å². The van der Waals surface area contributed by atoms with Crippen LogP contribution in [0.5, 0.6) is 0 Å². The van der Waals surface area contributed by atoms with E-state index in [0.717, 1.165) is 12.4 Å². The van der Waals surface area contributed by atoms with E-state index in [1.807, 2.05) is 0 Å². The van der Waals surface area contributed by atoms with Crippen LogP contribution < -0.4 is 10.6 Å². The van der Waals surface area contributed by atoms with Crippen molar-refractivity contribution in [1.82, 2.24) is 9.97 Å². The molecule has 1 saturated heterocycles. The Morgan fingerprint density at radius 2 is 1.69 bits per heavy atom. The van der Waals surface area contributed by atoms with E-state index < -0.39 is 40.3 Å². The highest BCUT2D eigenvalue weighted by atomic mass is 19.2. The first-order valence-corrected chi connectivity index (χ1v) is 8.63. The number of anilines is 1. The van der Waals surface area contributed by atoms with E-state index in [4.69, 9.17) is 10.5 Å². The average molecular weight is 406 g/mol. The van der Waals surface area contributed by atoms with Gasteiger partial charge < -0.3 is 15.4 Å². The average Bonchev–Trinajstić information content (AvgIpc) is 2.70. The Balaban J connectivity index is 2.06. The summed E-state index contributed by atoms with van der Waals surface area (Å²) in [5.74, 6) is -5.77. The maximum atomic E-state index is 14.6. The number of aromatic nitrogens is 2. The first kappa shape index (κ1) is 19.1. The number of halogens is 4. The highest BCUT2D eigenvalue weighted by Crippen LogP contribution is 2.37. The Hall–Kier alpha value is -3.27. The van der Waals surface area contributed by atoms with Crippen LogP contribution in [0.3, 0.4) is 0 Å². The summed E-state index contributed by atoms with van der Waals surface area (Å²) in [5.41, 5.74) is 4.58. The highest BCUT2D eigenvalue weighted by Gasteiger charge is 2.26. The third-order valence-corrected chi connectivity index (χ3v) is 4.66. The number of carbonyl (C=O) groups excluding carboxylic acids is 1. The molecular weight excluding hydrogens is 392 g/mol. The lowest BCUT2D eigenvalue weighted by Gasteiger charge is -2.30. The molecule has 2 N–H and O–H groups in total. The van der Waals surface area contributed by atoms with Crippen molar-refractivity contribution in [1.29, 1.82) is 0 Å². The van der Waals surface area contributed by atoms with Crippen LogP contribution in [0, 0.1) is 23.3 Å². The third-order valence-electron chi connectivity index (χ3n) is 4.66. The van der Waals surface area contributed by atoms with E-state index >= 15 is 0 Å². The molecule has 29 heavy (non-hydrogen) atoms. The Bertz CT molecular complexity index is 1130. The maximum absolute atomic E-state index is 14.6. The van der Waals surface area contributed by atoms with Crippen molar-refractivity contribution in [2.75, 3.05) is 31.2 Å². The number of nitrogens with zero attached hydrogens (tertiary/aromatic N) is 3. The minimum atomic E-state index is -1.47. The van der Waals surface area contributed by atoms with Crippen molar-refractivity contribution in [3.8, 4) is 11.1 Å². The number of fused-ring (bicyclic) bond motifs is 1. The van der Waals surface area contributed by atoms with Crippen LogP contribution in [-0.2, 0) is 4.74 Å². The first-order valence-electron chi connectivity index (χ1n) is 8.63. The van der Waals surface area contributed by atoms with Gasteiger partial charge in [0.1, 0.15) is 16.9 Å². The predicted octanol–water partition coefficient (Wildman–Crippen LogP) is 2.79. The Morgan fingerprint density at radius 3 is 2.38 bits per heavy atom. The fourth-order valence-electron chi connectivity index (χ4n) is 3.38. The molecule has 6 nitrogen and oxygen atoms in total. The van der Waals surface area contributed by atoms with Gasteiger partial charge in [0.05, 0.1) is 36.2 Å². The van der Waals surface area contributed by atoms with Crippen LogP contribution in [-0.4, -0.2) is 42.2 Å². The molecule has 0 atom stereocenters. The Labute approximate surface area is 161 Å². The number of nitrogens with two attached hydrogens (primary N) is 1. The summed E-state index contributed by atoms with van der Waals surface area (Å²) in [7, 11) is 0. The quantitative estimate of drug-likeness (QED) is 0.534. The molecule has 1 aromatic carbocycles. The molecule has 2 aromatic heterocycles. The second kappa shape index (κ2) is 7.28. The molecule has 0 saturated carbocycles. The van der Waals surface area contributed by atoms with Gasteiger partial charge in [-0.2, -0.15) is 0 Å². The van der Waals surface area contributed by atoms with E-state index in [0.29, 0.717) is 38.4 Å². The largest absolute Gasteiger partial charge is 0.378 e. The van der Waals surface area contributed by atoms with Gasteiger partial charge in [-0.05, 0) is 6.07 Å². The van der Waals surface area contributed by atoms with Crippen LogP contribution in [0.15, 0.2) is 24.5 Å². The number of ether oxygens (including phenoxy) is 1. The second-order valence-electron chi connectivity index (χ2n) is 6.41. The van der Waals surface area contributed by atoms with Crippen LogP contribution in [0.2, 0.25) is 0 Å². The van der Waals surface area contributed by atoms with Crippen molar-refractivity contribution < 1.29 is 27.1 Å². The van der Waals surface area contributed by atoms with Crippen LogP contribution in [0.25, 0.3) is 22.2 Å².